The summed E-state index contributed by atoms with van der Waals surface area (Å²) >= 11 is 0. The number of benzene rings is 1. The Bertz CT molecular complexity index is 667. The van der Waals surface area contributed by atoms with Crippen molar-refractivity contribution in [1.29, 1.82) is 0 Å². The van der Waals surface area contributed by atoms with Crippen molar-refractivity contribution in [2.45, 2.75) is 13.3 Å². The molecule has 17 heavy (non-hydrogen) atoms. The molecule has 0 spiro atoms. The number of nitrogen functional groups attached to an aromatic ring is 1. The number of fused-ring (bicyclic) bond motifs is 1. The second-order valence-electron chi connectivity index (χ2n) is 3.83. The van der Waals surface area contributed by atoms with Crippen LogP contribution in [-0.2, 0) is 6.42 Å². The summed E-state index contributed by atoms with van der Waals surface area (Å²) in [5, 5.41) is 0. The number of nitrogens with two attached hydrogens (primary N) is 1. The third-order valence-electron chi connectivity index (χ3n) is 2.67. The fraction of sp³-hybridized carbons (Fsp3) is 0.154. The fourth-order valence-electron chi connectivity index (χ4n) is 1.76. The quantitative estimate of drug-likeness (QED) is 0.684. The first-order valence-electron chi connectivity index (χ1n) is 5.52. The van der Waals surface area contributed by atoms with E-state index in [0.717, 1.165) is 12.2 Å². The summed E-state index contributed by atoms with van der Waals surface area (Å²) in [4.78, 5) is 4.34. The Morgan fingerprint density at radius 3 is 2.76 bits per heavy atom. The highest BCUT2D eigenvalue weighted by molar-refractivity contribution is 5.86. The summed E-state index contributed by atoms with van der Waals surface area (Å²) < 4.78 is 11.2. The highest BCUT2D eigenvalue weighted by atomic mass is 16.4. The summed E-state index contributed by atoms with van der Waals surface area (Å²) in [5.41, 5.74) is 7.79. The Hall–Kier alpha value is -2.23. The molecule has 0 fully saturated rings. The van der Waals surface area contributed by atoms with Crippen molar-refractivity contribution in [2.24, 2.45) is 0 Å². The lowest BCUT2D eigenvalue weighted by atomic mass is 10.3. The maximum atomic E-state index is 5.83. The first-order chi connectivity index (χ1) is 8.28. The van der Waals surface area contributed by atoms with Crippen LogP contribution in [-0.4, -0.2) is 4.98 Å². The van der Waals surface area contributed by atoms with Gasteiger partial charge in [-0.1, -0.05) is 13.0 Å². The molecule has 86 valence electrons. The van der Waals surface area contributed by atoms with Crippen LogP contribution in [0.4, 0.5) is 5.69 Å². The SMILES string of the molecule is CCc1ccc(-c2nc3c(N)cccc3o2)o1. The standard InChI is InChI=1S/C13H12N2O2/c1-2-8-6-7-11(16-8)13-15-12-9(14)4-3-5-10(12)17-13/h3-7H,2,14H2,1H3. The zero-order valence-corrected chi connectivity index (χ0v) is 9.43. The number of aryl methyl sites for hydroxylation is 1. The zero-order chi connectivity index (χ0) is 11.8. The molecule has 3 rings (SSSR count). The molecule has 2 aromatic heterocycles. The average Bonchev–Trinajstić information content (AvgIpc) is 2.95. The van der Waals surface area contributed by atoms with Crippen molar-refractivity contribution in [1.82, 2.24) is 4.98 Å². The molecule has 0 saturated heterocycles. The molecule has 2 heterocycles. The first kappa shape index (κ1) is 9.96. The van der Waals surface area contributed by atoms with Gasteiger partial charge in [0, 0.05) is 6.42 Å². The maximum Gasteiger partial charge on any atom is 0.264 e. The van der Waals surface area contributed by atoms with Gasteiger partial charge in [-0.2, -0.15) is 0 Å². The molecular formula is C13H12N2O2. The van der Waals surface area contributed by atoms with Crippen molar-refractivity contribution >= 4 is 16.8 Å². The van der Waals surface area contributed by atoms with Crippen molar-refractivity contribution in [3.63, 3.8) is 0 Å². The summed E-state index contributed by atoms with van der Waals surface area (Å²) in [7, 11) is 0. The Labute approximate surface area is 98.0 Å². The van der Waals surface area contributed by atoms with Crippen LogP contribution < -0.4 is 5.73 Å². The third kappa shape index (κ3) is 1.58. The van der Waals surface area contributed by atoms with Crippen LogP contribution in [0.2, 0.25) is 0 Å². The van der Waals surface area contributed by atoms with Crippen LogP contribution in [0.5, 0.6) is 0 Å². The largest absolute Gasteiger partial charge is 0.456 e. The smallest absolute Gasteiger partial charge is 0.264 e. The molecular weight excluding hydrogens is 216 g/mol. The lowest BCUT2D eigenvalue weighted by Crippen LogP contribution is -1.84. The number of para-hydroxylation sites is 1. The predicted molar refractivity (Wildman–Crippen MR) is 65.5 cm³/mol. The molecule has 0 unspecified atom stereocenters. The molecule has 4 heteroatoms. The van der Waals surface area contributed by atoms with Crippen molar-refractivity contribution in [3.05, 3.63) is 36.1 Å². The molecule has 0 atom stereocenters. The van der Waals surface area contributed by atoms with Crippen LogP contribution >= 0.6 is 0 Å². The molecule has 4 nitrogen and oxygen atoms in total. The lowest BCUT2D eigenvalue weighted by molar-refractivity contribution is 0.501. The molecule has 1 aromatic carbocycles. The van der Waals surface area contributed by atoms with Gasteiger partial charge in [-0.15, -0.1) is 0 Å². The van der Waals surface area contributed by atoms with Gasteiger partial charge in [-0.05, 0) is 24.3 Å². The average molecular weight is 228 g/mol. The van der Waals surface area contributed by atoms with Crippen molar-refractivity contribution in [2.75, 3.05) is 5.73 Å². The van der Waals surface area contributed by atoms with E-state index in [4.69, 9.17) is 14.6 Å². The van der Waals surface area contributed by atoms with E-state index in [-0.39, 0.29) is 0 Å². The minimum atomic E-state index is 0.470. The van der Waals surface area contributed by atoms with Crippen LogP contribution in [0.1, 0.15) is 12.7 Å². The molecule has 0 amide bonds. The number of hydrogen-bond acceptors (Lipinski definition) is 4. The van der Waals surface area contributed by atoms with E-state index in [2.05, 4.69) is 4.98 Å². The third-order valence-corrected chi connectivity index (χ3v) is 2.67. The van der Waals surface area contributed by atoms with E-state index in [1.54, 1.807) is 6.07 Å². The minimum absolute atomic E-state index is 0.470. The van der Waals surface area contributed by atoms with Gasteiger partial charge in [0.1, 0.15) is 11.3 Å². The fourth-order valence-corrected chi connectivity index (χ4v) is 1.76. The monoisotopic (exact) mass is 228 g/mol. The van der Waals surface area contributed by atoms with Crippen molar-refractivity contribution in [3.8, 4) is 11.7 Å². The Morgan fingerprint density at radius 1 is 1.18 bits per heavy atom. The predicted octanol–water partition coefficient (Wildman–Crippen LogP) is 3.23. The number of aromatic nitrogens is 1. The molecule has 0 aliphatic rings. The molecule has 0 aliphatic heterocycles. The highest BCUT2D eigenvalue weighted by Gasteiger charge is 2.13. The molecule has 3 aromatic rings. The number of furan rings is 1. The lowest BCUT2D eigenvalue weighted by Gasteiger charge is -1.89. The van der Waals surface area contributed by atoms with Gasteiger partial charge in [-0.3, -0.25) is 0 Å². The highest BCUT2D eigenvalue weighted by Crippen LogP contribution is 2.28. The van der Waals surface area contributed by atoms with E-state index >= 15 is 0 Å². The van der Waals surface area contributed by atoms with Crippen LogP contribution in [0.3, 0.4) is 0 Å². The van der Waals surface area contributed by atoms with Crippen molar-refractivity contribution < 1.29 is 8.83 Å². The Balaban J connectivity index is 2.14. The van der Waals surface area contributed by atoms with E-state index in [1.165, 1.54) is 0 Å². The topological polar surface area (TPSA) is 65.2 Å². The van der Waals surface area contributed by atoms with Gasteiger partial charge >= 0.3 is 0 Å². The maximum absolute atomic E-state index is 5.83. The number of hydrogen-bond donors (Lipinski definition) is 1. The van der Waals surface area contributed by atoms with E-state index in [0.29, 0.717) is 28.4 Å². The van der Waals surface area contributed by atoms with Gasteiger partial charge in [0.2, 0.25) is 0 Å². The normalized spacial score (nSPS) is 11.1. The summed E-state index contributed by atoms with van der Waals surface area (Å²) in [6.07, 6.45) is 0.850. The first-order valence-corrected chi connectivity index (χ1v) is 5.52. The molecule has 0 saturated carbocycles. The molecule has 0 bridgehead atoms. The number of nitrogens with zero attached hydrogens (tertiary/aromatic N) is 1. The van der Waals surface area contributed by atoms with E-state index < -0.39 is 0 Å². The summed E-state index contributed by atoms with van der Waals surface area (Å²) in [5.74, 6) is 2.02. The molecule has 0 aliphatic carbocycles. The Kier molecular flexibility index (Phi) is 2.14. The second-order valence-corrected chi connectivity index (χ2v) is 3.83. The van der Waals surface area contributed by atoms with Crippen LogP contribution in [0, 0.1) is 0 Å². The number of rotatable bonds is 2. The van der Waals surface area contributed by atoms with Gasteiger partial charge in [-0.25, -0.2) is 4.98 Å². The van der Waals surface area contributed by atoms with Gasteiger partial charge < -0.3 is 14.6 Å². The number of anilines is 1. The minimum Gasteiger partial charge on any atom is -0.456 e. The second kappa shape index (κ2) is 3.66. The summed E-state index contributed by atoms with van der Waals surface area (Å²) in [6.45, 7) is 2.03. The zero-order valence-electron chi connectivity index (χ0n) is 9.43. The summed E-state index contributed by atoms with van der Waals surface area (Å²) in [6, 6.07) is 9.26. The van der Waals surface area contributed by atoms with Gasteiger partial charge in [0.05, 0.1) is 5.69 Å². The van der Waals surface area contributed by atoms with Crippen LogP contribution in [0.25, 0.3) is 22.8 Å². The van der Waals surface area contributed by atoms with E-state index in [9.17, 15) is 0 Å². The van der Waals surface area contributed by atoms with E-state index in [1.807, 2.05) is 31.2 Å². The molecule has 2 N–H and O–H groups in total. The molecule has 0 radical (unpaired) electrons. The van der Waals surface area contributed by atoms with Crippen LogP contribution in [0.15, 0.2) is 39.2 Å². The number of oxazole rings is 1. The van der Waals surface area contributed by atoms with Gasteiger partial charge in [0.15, 0.2) is 11.3 Å². The van der Waals surface area contributed by atoms with Gasteiger partial charge in [0.25, 0.3) is 5.89 Å². The Morgan fingerprint density at radius 2 is 2.06 bits per heavy atom.